The van der Waals surface area contributed by atoms with E-state index in [1.807, 2.05) is 19.9 Å². The minimum atomic E-state index is -4.71. The number of rotatable bonds is 3. The molecule has 0 spiro atoms. The van der Waals surface area contributed by atoms with Gasteiger partial charge in [0.2, 0.25) is 0 Å². The van der Waals surface area contributed by atoms with Crippen LogP contribution >= 0.6 is 11.8 Å². The first kappa shape index (κ1) is 22.6. The van der Waals surface area contributed by atoms with Crippen molar-refractivity contribution in [3.8, 4) is 6.07 Å². The Bertz CT molecular complexity index is 1090. The van der Waals surface area contributed by atoms with Gasteiger partial charge >= 0.3 is 6.18 Å². The molecule has 0 saturated heterocycles. The van der Waals surface area contributed by atoms with E-state index in [9.17, 15) is 18.0 Å². The molecule has 1 unspecified atom stereocenters. The number of alkyl halides is 3. The Morgan fingerprint density at radius 1 is 1.26 bits per heavy atom. The summed E-state index contributed by atoms with van der Waals surface area (Å²) in [5.41, 5.74) is 3.70. The largest absolute Gasteiger partial charge is 0.433 e. The molecule has 0 aromatic carbocycles. The predicted octanol–water partition coefficient (Wildman–Crippen LogP) is 4.06. The third-order valence-corrected chi connectivity index (χ3v) is 5.62. The first-order valence-corrected chi connectivity index (χ1v) is 9.94. The normalized spacial score (nSPS) is 20.5. The topological polar surface area (TPSA) is 117 Å². The van der Waals surface area contributed by atoms with E-state index in [1.165, 1.54) is 36.2 Å². The zero-order valence-corrected chi connectivity index (χ0v) is 17.7. The van der Waals surface area contributed by atoms with Gasteiger partial charge in [0.15, 0.2) is 5.17 Å². The summed E-state index contributed by atoms with van der Waals surface area (Å²) < 4.78 is 40.7. The Morgan fingerprint density at radius 3 is 2.52 bits per heavy atom. The van der Waals surface area contributed by atoms with Crippen molar-refractivity contribution in [2.75, 3.05) is 5.32 Å². The highest BCUT2D eigenvalue weighted by atomic mass is 32.2. The Hall–Kier alpha value is -3.13. The van der Waals surface area contributed by atoms with Gasteiger partial charge in [0, 0.05) is 16.5 Å². The predicted molar refractivity (Wildman–Crippen MR) is 111 cm³/mol. The second-order valence-corrected chi connectivity index (χ2v) is 9.61. The van der Waals surface area contributed by atoms with Crippen LogP contribution in [-0.2, 0) is 11.7 Å². The van der Waals surface area contributed by atoms with E-state index >= 15 is 0 Å². The fourth-order valence-corrected chi connectivity index (χ4v) is 4.73. The molecule has 0 radical (unpaired) electrons. The van der Waals surface area contributed by atoms with E-state index in [0.717, 1.165) is 6.20 Å². The minimum Gasteiger partial charge on any atom is -0.378 e. The number of nitrogens with zero attached hydrogens (tertiary/aromatic N) is 4. The number of amidine groups is 1. The van der Waals surface area contributed by atoms with Gasteiger partial charge in [-0.3, -0.25) is 9.79 Å². The van der Waals surface area contributed by atoms with E-state index in [0.29, 0.717) is 0 Å². The molecule has 0 aliphatic carbocycles. The molecular formula is C20H19F3N6OS. The number of pyridine rings is 2. The molecule has 31 heavy (non-hydrogen) atoms. The van der Waals surface area contributed by atoms with Gasteiger partial charge < -0.3 is 11.1 Å². The third-order valence-electron chi connectivity index (χ3n) is 4.63. The highest BCUT2D eigenvalue weighted by Gasteiger charge is 2.46. The van der Waals surface area contributed by atoms with E-state index in [2.05, 4.69) is 20.3 Å². The van der Waals surface area contributed by atoms with Crippen LogP contribution in [0.25, 0.3) is 0 Å². The molecule has 3 N–H and O–H groups in total. The van der Waals surface area contributed by atoms with Crippen molar-refractivity contribution in [2.24, 2.45) is 10.7 Å². The van der Waals surface area contributed by atoms with Crippen molar-refractivity contribution in [2.45, 2.75) is 43.7 Å². The third kappa shape index (κ3) is 4.96. The molecule has 2 aromatic heterocycles. The molecule has 1 atom stereocenters. The number of hydrogen-bond acceptors (Lipinski definition) is 7. The van der Waals surface area contributed by atoms with E-state index in [1.54, 1.807) is 6.92 Å². The van der Waals surface area contributed by atoms with Crippen molar-refractivity contribution in [3.63, 3.8) is 0 Å². The average molecular weight is 448 g/mol. The number of nitrogens with one attached hydrogen (secondary N) is 1. The van der Waals surface area contributed by atoms with E-state index in [-0.39, 0.29) is 34.1 Å². The maximum atomic E-state index is 13.7. The van der Waals surface area contributed by atoms with Crippen LogP contribution < -0.4 is 11.1 Å². The minimum absolute atomic E-state index is 0.00382. The Labute approximate surface area is 181 Å². The smallest absolute Gasteiger partial charge is 0.378 e. The number of amides is 1. The number of aliphatic imine (C=N–C) groups is 1. The van der Waals surface area contributed by atoms with Gasteiger partial charge in [-0.15, -0.1) is 0 Å². The fraction of sp³-hybridized carbons (Fsp3) is 0.350. The number of halogens is 3. The maximum absolute atomic E-state index is 13.7. The quantitative estimate of drug-likeness (QED) is 0.731. The molecule has 3 heterocycles. The number of anilines is 1. The molecule has 1 aliphatic rings. The number of hydrogen-bond donors (Lipinski definition) is 2. The zero-order chi connectivity index (χ0) is 23.0. The number of nitriles is 1. The second-order valence-electron chi connectivity index (χ2n) is 7.88. The monoisotopic (exact) mass is 448 g/mol. The maximum Gasteiger partial charge on any atom is 0.433 e. The van der Waals surface area contributed by atoms with Crippen LogP contribution in [0, 0.1) is 11.3 Å². The molecule has 0 bridgehead atoms. The molecule has 3 rings (SSSR count). The highest BCUT2D eigenvalue weighted by molar-refractivity contribution is 8.15. The van der Waals surface area contributed by atoms with E-state index < -0.39 is 28.1 Å². The Kier molecular flexibility index (Phi) is 5.71. The number of carbonyl (C=O) groups is 1. The summed E-state index contributed by atoms with van der Waals surface area (Å²) in [6.45, 7) is 5.32. The lowest BCUT2D eigenvalue weighted by Gasteiger charge is -2.39. The Morgan fingerprint density at radius 2 is 1.97 bits per heavy atom. The van der Waals surface area contributed by atoms with Gasteiger partial charge in [-0.05, 0) is 31.5 Å². The average Bonchev–Trinajstić information content (AvgIpc) is 2.65. The number of carbonyl (C=O) groups excluding carboxylic acids is 1. The van der Waals surface area contributed by atoms with Crippen LogP contribution in [0.3, 0.4) is 0 Å². The molecule has 1 amide bonds. The van der Waals surface area contributed by atoms with Gasteiger partial charge in [-0.25, -0.2) is 9.97 Å². The van der Waals surface area contributed by atoms with Crippen LogP contribution in [0.2, 0.25) is 0 Å². The summed E-state index contributed by atoms with van der Waals surface area (Å²) in [7, 11) is 0. The molecule has 0 saturated carbocycles. The number of thioether (sulfide) groups is 1. The SMILES string of the molecule is CC1(C)CC(C)(c2cc(NC(=O)c3ccc(C#N)cn3)cnc2C(F)(F)F)N=C(N)S1. The second kappa shape index (κ2) is 7.85. The van der Waals surface area contributed by atoms with Gasteiger partial charge in [0.05, 0.1) is 23.0 Å². The first-order chi connectivity index (χ1) is 14.3. The molecular weight excluding hydrogens is 429 g/mol. The van der Waals surface area contributed by atoms with Crippen LogP contribution in [-0.4, -0.2) is 25.8 Å². The summed E-state index contributed by atoms with van der Waals surface area (Å²) in [4.78, 5) is 24.3. The molecule has 2 aromatic rings. The molecule has 7 nitrogen and oxygen atoms in total. The van der Waals surface area contributed by atoms with Crippen LogP contribution in [0.15, 0.2) is 35.6 Å². The summed E-state index contributed by atoms with van der Waals surface area (Å²) in [5, 5.41) is 11.5. The molecule has 162 valence electrons. The number of aromatic nitrogens is 2. The lowest BCUT2D eigenvalue weighted by Crippen LogP contribution is -2.39. The lowest BCUT2D eigenvalue weighted by atomic mass is 9.82. The molecule has 0 fully saturated rings. The summed E-state index contributed by atoms with van der Waals surface area (Å²) in [6.07, 6.45) is -2.27. The van der Waals surface area contributed by atoms with Crippen molar-refractivity contribution in [1.29, 1.82) is 5.26 Å². The zero-order valence-electron chi connectivity index (χ0n) is 16.9. The standard InChI is InChI=1S/C20H19F3N6OS/c1-18(2)10-19(3,29-17(25)31-18)13-6-12(9-27-15(13)20(21,22)23)28-16(30)14-5-4-11(7-24)8-26-14/h4-6,8-9H,10H2,1-3H3,(H2,25,29)(H,28,30). The molecule has 11 heteroatoms. The summed E-state index contributed by atoms with van der Waals surface area (Å²) >= 11 is 1.29. The van der Waals surface area contributed by atoms with Crippen LogP contribution in [0.4, 0.5) is 18.9 Å². The fourth-order valence-electron chi connectivity index (χ4n) is 3.57. The van der Waals surface area contributed by atoms with Gasteiger partial charge in [-0.2, -0.15) is 18.4 Å². The van der Waals surface area contributed by atoms with Crippen molar-refractivity contribution in [1.82, 2.24) is 9.97 Å². The van der Waals surface area contributed by atoms with Crippen LogP contribution in [0.5, 0.6) is 0 Å². The van der Waals surface area contributed by atoms with E-state index in [4.69, 9.17) is 11.0 Å². The first-order valence-electron chi connectivity index (χ1n) is 9.12. The summed E-state index contributed by atoms with van der Waals surface area (Å²) in [6, 6.07) is 5.87. The van der Waals surface area contributed by atoms with Gasteiger partial charge in [0.1, 0.15) is 17.5 Å². The highest BCUT2D eigenvalue weighted by Crippen LogP contribution is 2.48. The van der Waals surface area contributed by atoms with Gasteiger partial charge in [-0.1, -0.05) is 25.6 Å². The van der Waals surface area contributed by atoms with Crippen molar-refractivity contribution < 1.29 is 18.0 Å². The van der Waals surface area contributed by atoms with Crippen molar-refractivity contribution in [3.05, 3.63) is 53.1 Å². The van der Waals surface area contributed by atoms with Crippen molar-refractivity contribution >= 4 is 28.5 Å². The molecule has 1 aliphatic heterocycles. The summed E-state index contributed by atoms with van der Waals surface area (Å²) in [5.74, 6) is -0.648. The number of nitrogens with two attached hydrogens (primary N) is 1. The lowest BCUT2D eigenvalue weighted by molar-refractivity contribution is -0.142. The Balaban J connectivity index is 2.02. The van der Waals surface area contributed by atoms with Gasteiger partial charge in [0.25, 0.3) is 5.91 Å². The van der Waals surface area contributed by atoms with Crippen LogP contribution in [0.1, 0.15) is 54.5 Å².